The molecule has 1 aromatic carbocycles. The van der Waals surface area contributed by atoms with Crippen LogP contribution in [-0.4, -0.2) is 23.9 Å². The highest BCUT2D eigenvalue weighted by Crippen LogP contribution is 2.29. The number of rotatable bonds is 4. The van der Waals surface area contributed by atoms with Crippen LogP contribution in [0.4, 0.5) is 4.39 Å². The zero-order valence-electron chi connectivity index (χ0n) is 11.8. The van der Waals surface area contributed by atoms with Crippen LogP contribution >= 0.6 is 0 Å². The second-order valence-electron chi connectivity index (χ2n) is 5.41. The number of halogens is 1. The number of likely N-dealkylation sites (tertiary alicyclic amines) is 1. The van der Waals surface area contributed by atoms with Crippen molar-refractivity contribution in [3.8, 4) is 0 Å². The van der Waals surface area contributed by atoms with Crippen LogP contribution in [0.25, 0.3) is 0 Å². The van der Waals surface area contributed by atoms with Crippen molar-refractivity contribution >= 4 is 5.91 Å². The second kappa shape index (κ2) is 6.12. The first kappa shape index (κ1) is 13.9. The van der Waals surface area contributed by atoms with Gasteiger partial charge in [-0.1, -0.05) is 12.1 Å². The molecule has 0 aliphatic carbocycles. The lowest BCUT2D eigenvalue weighted by molar-refractivity contribution is -0.130. The van der Waals surface area contributed by atoms with Gasteiger partial charge in [0.1, 0.15) is 11.6 Å². The largest absolute Gasteiger partial charge is 0.469 e. The highest BCUT2D eigenvalue weighted by atomic mass is 19.1. The quantitative estimate of drug-likeness (QED) is 0.861. The molecule has 1 amide bonds. The van der Waals surface area contributed by atoms with Crippen molar-refractivity contribution in [1.82, 2.24) is 4.90 Å². The SMILES string of the molecule is O=C(C[C@@H](c1ccc(F)cc1)c1ccco1)N1CCCC1. The van der Waals surface area contributed by atoms with Crippen molar-refractivity contribution in [3.05, 3.63) is 59.8 Å². The number of hydrogen-bond donors (Lipinski definition) is 0. The Morgan fingerprint density at radius 2 is 1.90 bits per heavy atom. The fourth-order valence-corrected chi connectivity index (χ4v) is 2.84. The van der Waals surface area contributed by atoms with E-state index < -0.39 is 0 Å². The number of furan rings is 1. The standard InChI is InChI=1S/C17H18FNO2/c18-14-7-5-13(6-8-14)15(16-4-3-11-21-16)12-17(20)19-9-1-2-10-19/h3-8,11,15H,1-2,9-10,12H2/t15-/m0/s1. The Labute approximate surface area is 123 Å². The van der Waals surface area contributed by atoms with Gasteiger partial charge in [-0.3, -0.25) is 4.79 Å². The zero-order valence-corrected chi connectivity index (χ0v) is 11.8. The molecule has 0 N–H and O–H groups in total. The van der Waals surface area contributed by atoms with E-state index in [0.717, 1.165) is 37.3 Å². The van der Waals surface area contributed by atoms with E-state index in [1.807, 2.05) is 17.0 Å². The maximum Gasteiger partial charge on any atom is 0.223 e. The molecular formula is C17H18FNO2. The number of carbonyl (C=O) groups is 1. The van der Waals surface area contributed by atoms with Gasteiger partial charge < -0.3 is 9.32 Å². The lowest BCUT2D eigenvalue weighted by Gasteiger charge is -2.20. The minimum absolute atomic E-state index is 0.137. The summed E-state index contributed by atoms with van der Waals surface area (Å²) < 4.78 is 18.6. The van der Waals surface area contributed by atoms with Crippen LogP contribution in [0.2, 0.25) is 0 Å². The van der Waals surface area contributed by atoms with Gasteiger partial charge in [0, 0.05) is 19.5 Å². The van der Waals surface area contributed by atoms with Crippen molar-refractivity contribution in [2.24, 2.45) is 0 Å². The smallest absolute Gasteiger partial charge is 0.223 e. The summed E-state index contributed by atoms with van der Waals surface area (Å²) in [7, 11) is 0. The molecule has 110 valence electrons. The molecule has 1 aliphatic heterocycles. The summed E-state index contributed by atoms with van der Waals surface area (Å²) in [5, 5.41) is 0. The van der Waals surface area contributed by atoms with Gasteiger partial charge >= 0.3 is 0 Å². The number of benzene rings is 1. The maximum absolute atomic E-state index is 13.1. The third kappa shape index (κ3) is 3.15. The van der Waals surface area contributed by atoms with E-state index in [4.69, 9.17) is 4.42 Å². The molecular weight excluding hydrogens is 269 g/mol. The summed E-state index contributed by atoms with van der Waals surface area (Å²) in [6, 6.07) is 9.97. The minimum Gasteiger partial charge on any atom is -0.469 e. The van der Waals surface area contributed by atoms with E-state index >= 15 is 0 Å². The number of hydrogen-bond acceptors (Lipinski definition) is 2. The monoisotopic (exact) mass is 287 g/mol. The van der Waals surface area contributed by atoms with Gasteiger partial charge in [0.2, 0.25) is 5.91 Å². The molecule has 4 heteroatoms. The number of nitrogens with zero attached hydrogens (tertiary/aromatic N) is 1. The summed E-state index contributed by atoms with van der Waals surface area (Å²) in [6.45, 7) is 1.68. The van der Waals surface area contributed by atoms with Gasteiger partial charge in [0.15, 0.2) is 0 Å². The maximum atomic E-state index is 13.1. The summed E-state index contributed by atoms with van der Waals surface area (Å²) in [4.78, 5) is 14.3. The predicted octanol–water partition coefficient (Wildman–Crippen LogP) is 3.56. The van der Waals surface area contributed by atoms with Crippen molar-refractivity contribution in [1.29, 1.82) is 0 Å². The Morgan fingerprint density at radius 1 is 1.19 bits per heavy atom. The van der Waals surface area contributed by atoms with E-state index in [-0.39, 0.29) is 17.6 Å². The van der Waals surface area contributed by atoms with Gasteiger partial charge in [-0.15, -0.1) is 0 Å². The zero-order chi connectivity index (χ0) is 14.7. The third-order valence-electron chi connectivity index (χ3n) is 4.00. The molecule has 0 spiro atoms. The Bertz CT molecular complexity index is 586. The van der Waals surface area contributed by atoms with Crippen molar-refractivity contribution < 1.29 is 13.6 Å². The summed E-state index contributed by atoms with van der Waals surface area (Å²) in [5.41, 5.74) is 0.902. The molecule has 0 bridgehead atoms. The fraction of sp³-hybridized carbons (Fsp3) is 0.353. The molecule has 2 heterocycles. The van der Waals surface area contributed by atoms with Crippen LogP contribution in [-0.2, 0) is 4.79 Å². The molecule has 0 saturated carbocycles. The summed E-state index contributed by atoms with van der Waals surface area (Å²) in [5.74, 6) is 0.448. The lowest BCUT2D eigenvalue weighted by Crippen LogP contribution is -2.29. The fourth-order valence-electron chi connectivity index (χ4n) is 2.84. The predicted molar refractivity (Wildman–Crippen MR) is 77.4 cm³/mol. The highest BCUT2D eigenvalue weighted by molar-refractivity contribution is 5.77. The van der Waals surface area contributed by atoms with Crippen LogP contribution in [0.15, 0.2) is 47.1 Å². The number of carbonyl (C=O) groups excluding carboxylic acids is 1. The summed E-state index contributed by atoms with van der Waals surface area (Å²) >= 11 is 0. The normalized spacial score (nSPS) is 16.1. The molecule has 1 aliphatic rings. The molecule has 1 saturated heterocycles. The van der Waals surface area contributed by atoms with Crippen molar-refractivity contribution in [2.75, 3.05) is 13.1 Å². The van der Waals surface area contributed by atoms with E-state index in [2.05, 4.69) is 0 Å². The van der Waals surface area contributed by atoms with Gasteiger partial charge in [0.05, 0.1) is 12.2 Å². The van der Waals surface area contributed by atoms with E-state index in [0.29, 0.717) is 6.42 Å². The highest BCUT2D eigenvalue weighted by Gasteiger charge is 2.25. The van der Waals surface area contributed by atoms with Gasteiger partial charge in [-0.25, -0.2) is 4.39 Å². The first-order valence-electron chi connectivity index (χ1n) is 7.30. The average Bonchev–Trinajstić information content (AvgIpc) is 3.19. The van der Waals surface area contributed by atoms with Gasteiger partial charge in [-0.2, -0.15) is 0 Å². The van der Waals surface area contributed by atoms with Crippen molar-refractivity contribution in [3.63, 3.8) is 0 Å². The molecule has 2 aromatic rings. The topological polar surface area (TPSA) is 33.5 Å². The number of amides is 1. The molecule has 0 radical (unpaired) electrons. The van der Waals surface area contributed by atoms with E-state index in [1.54, 1.807) is 18.4 Å². The van der Waals surface area contributed by atoms with Gasteiger partial charge in [0.25, 0.3) is 0 Å². The Balaban J connectivity index is 1.82. The van der Waals surface area contributed by atoms with Crippen LogP contribution in [0.5, 0.6) is 0 Å². The molecule has 0 unspecified atom stereocenters. The molecule has 21 heavy (non-hydrogen) atoms. The van der Waals surface area contributed by atoms with Crippen LogP contribution in [0, 0.1) is 5.82 Å². The molecule has 3 rings (SSSR count). The lowest BCUT2D eigenvalue weighted by atomic mass is 9.92. The third-order valence-corrected chi connectivity index (χ3v) is 4.00. The Hall–Kier alpha value is -2.10. The molecule has 1 fully saturated rings. The Kier molecular flexibility index (Phi) is 4.04. The van der Waals surface area contributed by atoms with E-state index in [1.165, 1.54) is 12.1 Å². The van der Waals surface area contributed by atoms with Crippen LogP contribution in [0.3, 0.4) is 0 Å². The Morgan fingerprint density at radius 3 is 2.52 bits per heavy atom. The summed E-state index contributed by atoms with van der Waals surface area (Å²) in [6.07, 6.45) is 4.12. The molecule has 1 aromatic heterocycles. The van der Waals surface area contributed by atoms with Crippen LogP contribution in [0.1, 0.15) is 36.5 Å². The first-order valence-corrected chi connectivity index (χ1v) is 7.30. The molecule has 3 nitrogen and oxygen atoms in total. The van der Waals surface area contributed by atoms with E-state index in [9.17, 15) is 9.18 Å². The average molecular weight is 287 g/mol. The minimum atomic E-state index is -0.275. The van der Waals surface area contributed by atoms with Crippen LogP contribution < -0.4 is 0 Å². The second-order valence-corrected chi connectivity index (χ2v) is 5.41. The van der Waals surface area contributed by atoms with Gasteiger partial charge in [-0.05, 0) is 42.7 Å². The molecule has 1 atom stereocenters. The first-order chi connectivity index (χ1) is 10.2. The van der Waals surface area contributed by atoms with Crippen molar-refractivity contribution in [2.45, 2.75) is 25.2 Å².